The van der Waals surface area contributed by atoms with Gasteiger partial charge in [0, 0.05) is 20.0 Å². The van der Waals surface area contributed by atoms with Crippen LogP contribution in [0.2, 0.25) is 0 Å². The molecule has 1 unspecified atom stereocenters. The second-order valence-corrected chi connectivity index (χ2v) is 8.45. The molecule has 3 aromatic carbocycles. The van der Waals surface area contributed by atoms with E-state index in [1.54, 1.807) is 6.92 Å². The lowest BCUT2D eigenvalue weighted by Gasteiger charge is -2.36. The van der Waals surface area contributed by atoms with Crippen molar-refractivity contribution < 1.29 is 14.3 Å². The van der Waals surface area contributed by atoms with Crippen LogP contribution in [0, 0.1) is 0 Å². The Balaban J connectivity index is 1.28. The molecule has 1 atom stereocenters. The summed E-state index contributed by atoms with van der Waals surface area (Å²) in [6.45, 7) is 3.81. The minimum absolute atomic E-state index is 0.00683. The van der Waals surface area contributed by atoms with E-state index in [9.17, 15) is 9.59 Å². The number of amides is 2. The Hall–Kier alpha value is -3.44. The van der Waals surface area contributed by atoms with Gasteiger partial charge < -0.3 is 15.0 Å². The van der Waals surface area contributed by atoms with Crippen LogP contribution in [-0.2, 0) is 40.5 Å². The SMILES string of the molecule is CC(=O)N1CCc2ccccc2C1CC(=O)NCc1ccc(COCc2ccccc2)cc1. The largest absolute Gasteiger partial charge is 0.372 e. The Morgan fingerprint density at radius 1 is 0.879 bits per heavy atom. The van der Waals surface area contributed by atoms with E-state index in [-0.39, 0.29) is 24.3 Å². The first-order chi connectivity index (χ1) is 16.1. The number of carbonyl (C=O) groups excluding carboxylic acids is 2. The summed E-state index contributed by atoms with van der Waals surface area (Å²) in [6, 6.07) is 26.1. The average molecular weight is 443 g/mol. The molecule has 0 saturated carbocycles. The Morgan fingerprint density at radius 2 is 1.52 bits per heavy atom. The van der Waals surface area contributed by atoms with Crippen LogP contribution < -0.4 is 5.32 Å². The summed E-state index contributed by atoms with van der Waals surface area (Å²) in [6.07, 6.45) is 1.09. The minimum Gasteiger partial charge on any atom is -0.372 e. The first-order valence-electron chi connectivity index (χ1n) is 11.4. The van der Waals surface area contributed by atoms with E-state index in [0.717, 1.165) is 28.7 Å². The Kier molecular flexibility index (Phi) is 7.53. The highest BCUT2D eigenvalue weighted by molar-refractivity contribution is 5.79. The van der Waals surface area contributed by atoms with E-state index in [2.05, 4.69) is 11.4 Å². The molecule has 0 aromatic heterocycles. The van der Waals surface area contributed by atoms with Gasteiger partial charge in [0.05, 0.1) is 25.7 Å². The molecule has 5 heteroatoms. The van der Waals surface area contributed by atoms with Crippen LogP contribution in [0.15, 0.2) is 78.9 Å². The number of hydrogen-bond donors (Lipinski definition) is 1. The van der Waals surface area contributed by atoms with Crippen LogP contribution in [0.1, 0.15) is 47.2 Å². The third kappa shape index (κ3) is 6.08. The predicted molar refractivity (Wildman–Crippen MR) is 128 cm³/mol. The maximum absolute atomic E-state index is 12.7. The number of rotatable bonds is 8. The van der Waals surface area contributed by atoms with Crippen LogP contribution in [0.3, 0.4) is 0 Å². The third-order valence-electron chi connectivity index (χ3n) is 6.09. The Labute approximate surface area is 195 Å². The van der Waals surface area contributed by atoms with Gasteiger partial charge in [0.15, 0.2) is 0 Å². The summed E-state index contributed by atoms with van der Waals surface area (Å²) in [4.78, 5) is 26.7. The van der Waals surface area contributed by atoms with E-state index in [1.165, 1.54) is 5.56 Å². The molecule has 4 rings (SSSR count). The second-order valence-electron chi connectivity index (χ2n) is 8.45. The van der Waals surface area contributed by atoms with Crippen molar-refractivity contribution in [3.05, 3.63) is 107 Å². The lowest BCUT2D eigenvalue weighted by atomic mass is 9.90. The van der Waals surface area contributed by atoms with Gasteiger partial charge in [-0.3, -0.25) is 9.59 Å². The molecule has 0 fully saturated rings. The molecule has 0 radical (unpaired) electrons. The van der Waals surface area contributed by atoms with Crippen LogP contribution >= 0.6 is 0 Å². The number of carbonyl (C=O) groups is 2. The molecular weight excluding hydrogens is 412 g/mol. The quantitative estimate of drug-likeness (QED) is 0.557. The zero-order valence-corrected chi connectivity index (χ0v) is 19.0. The summed E-state index contributed by atoms with van der Waals surface area (Å²) in [5.41, 5.74) is 5.58. The van der Waals surface area contributed by atoms with E-state index < -0.39 is 0 Å². The van der Waals surface area contributed by atoms with Gasteiger partial charge >= 0.3 is 0 Å². The van der Waals surface area contributed by atoms with Crippen molar-refractivity contribution in [1.29, 1.82) is 0 Å². The molecule has 0 bridgehead atoms. The molecule has 1 N–H and O–H groups in total. The lowest BCUT2D eigenvalue weighted by molar-refractivity contribution is -0.133. The molecule has 1 aliphatic rings. The van der Waals surface area contributed by atoms with Gasteiger partial charge in [-0.05, 0) is 34.2 Å². The molecule has 5 nitrogen and oxygen atoms in total. The number of nitrogens with zero attached hydrogens (tertiary/aromatic N) is 1. The van der Waals surface area contributed by atoms with Gasteiger partial charge in [0.25, 0.3) is 0 Å². The van der Waals surface area contributed by atoms with Crippen molar-refractivity contribution in [2.75, 3.05) is 6.54 Å². The minimum atomic E-state index is -0.211. The van der Waals surface area contributed by atoms with Crippen molar-refractivity contribution in [2.24, 2.45) is 0 Å². The van der Waals surface area contributed by atoms with E-state index in [0.29, 0.717) is 26.3 Å². The van der Waals surface area contributed by atoms with Crippen molar-refractivity contribution in [2.45, 2.75) is 45.6 Å². The zero-order chi connectivity index (χ0) is 23.0. The molecule has 2 amide bonds. The summed E-state index contributed by atoms with van der Waals surface area (Å²) in [5, 5.41) is 3.01. The first kappa shape index (κ1) is 22.7. The molecule has 33 heavy (non-hydrogen) atoms. The summed E-state index contributed by atoms with van der Waals surface area (Å²) >= 11 is 0. The summed E-state index contributed by atoms with van der Waals surface area (Å²) in [7, 11) is 0. The van der Waals surface area contributed by atoms with Crippen LogP contribution in [0.5, 0.6) is 0 Å². The fourth-order valence-electron chi connectivity index (χ4n) is 4.31. The average Bonchev–Trinajstić information content (AvgIpc) is 2.84. The summed E-state index contributed by atoms with van der Waals surface area (Å²) < 4.78 is 5.78. The molecule has 0 spiro atoms. The van der Waals surface area contributed by atoms with Gasteiger partial charge in [-0.2, -0.15) is 0 Å². The van der Waals surface area contributed by atoms with Crippen molar-refractivity contribution in [3.63, 3.8) is 0 Å². The highest BCUT2D eigenvalue weighted by atomic mass is 16.5. The van der Waals surface area contributed by atoms with Gasteiger partial charge in [0.1, 0.15) is 0 Å². The highest BCUT2D eigenvalue weighted by Gasteiger charge is 2.30. The molecule has 3 aromatic rings. The Bertz CT molecular complexity index is 1080. The van der Waals surface area contributed by atoms with Gasteiger partial charge in [0.2, 0.25) is 11.8 Å². The molecule has 0 saturated heterocycles. The topological polar surface area (TPSA) is 58.6 Å². The second kappa shape index (κ2) is 10.9. The molecule has 0 aliphatic carbocycles. The number of ether oxygens (including phenoxy) is 1. The lowest BCUT2D eigenvalue weighted by Crippen LogP contribution is -2.41. The maximum Gasteiger partial charge on any atom is 0.222 e. The fourth-order valence-corrected chi connectivity index (χ4v) is 4.31. The molecular formula is C28H30N2O3. The van der Waals surface area contributed by atoms with Crippen molar-refractivity contribution >= 4 is 11.8 Å². The third-order valence-corrected chi connectivity index (χ3v) is 6.09. The number of fused-ring (bicyclic) bond motifs is 1. The molecule has 1 heterocycles. The molecule has 170 valence electrons. The van der Waals surface area contributed by atoms with E-state index >= 15 is 0 Å². The van der Waals surface area contributed by atoms with Crippen molar-refractivity contribution in [3.8, 4) is 0 Å². The van der Waals surface area contributed by atoms with Crippen LogP contribution in [0.25, 0.3) is 0 Å². The number of benzene rings is 3. The first-order valence-corrected chi connectivity index (χ1v) is 11.4. The maximum atomic E-state index is 12.7. The van der Waals surface area contributed by atoms with Crippen molar-refractivity contribution in [1.82, 2.24) is 10.2 Å². The van der Waals surface area contributed by atoms with Crippen LogP contribution in [0.4, 0.5) is 0 Å². The Morgan fingerprint density at radius 3 is 2.24 bits per heavy atom. The van der Waals surface area contributed by atoms with E-state index in [4.69, 9.17) is 4.74 Å². The molecule has 1 aliphatic heterocycles. The highest BCUT2D eigenvalue weighted by Crippen LogP contribution is 2.32. The van der Waals surface area contributed by atoms with Crippen LogP contribution in [-0.4, -0.2) is 23.3 Å². The van der Waals surface area contributed by atoms with Gasteiger partial charge in [-0.15, -0.1) is 0 Å². The zero-order valence-electron chi connectivity index (χ0n) is 19.0. The number of hydrogen-bond acceptors (Lipinski definition) is 3. The number of nitrogens with one attached hydrogen (secondary N) is 1. The fraction of sp³-hybridized carbons (Fsp3) is 0.286. The monoisotopic (exact) mass is 442 g/mol. The van der Waals surface area contributed by atoms with Gasteiger partial charge in [-0.25, -0.2) is 0 Å². The smallest absolute Gasteiger partial charge is 0.222 e. The normalized spacial score (nSPS) is 15.1. The summed E-state index contributed by atoms with van der Waals surface area (Å²) in [5.74, 6) is -0.0504. The van der Waals surface area contributed by atoms with Gasteiger partial charge in [-0.1, -0.05) is 78.9 Å². The van der Waals surface area contributed by atoms with E-state index in [1.807, 2.05) is 77.7 Å². The standard InChI is InChI=1S/C28H30N2O3/c1-21(31)30-16-15-25-9-5-6-10-26(25)27(30)17-28(32)29-18-22-11-13-24(14-12-22)20-33-19-23-7-3-2-4-8-23/h2-14,27H,15-20H2,1H3,(H,29,32). The predicted octanol–water partition coefficient (Wildman–Crippen LogP) is 4.56.